The average molecular weight is 399 g/mol. The summed E-state index contributed by atoms with van der Waals surface area (Å²) in [4.78, 5) is 24.7. The molecule has 0 atom stereocenters. The fourth-order valence-electron chi connectivity index (χ4n) is 2.56. The molecule has 29 heavy (non-hydrogen) atoms. The number of nitrogens with zero attached hydrogens (tertiary/aromatic N) is 3. The second kappa shape index (κ2) is 9.54. The van der Waals surface area contributed by atoms with Gasteiger partial charge in [0.1, 0.15) is 11.3 Å². The van der Waals surface area contributed by atoms with E-state index in [1.165, 1.54) is 0 Å². The molecule has 9 nitrogen and oxygen atoms in total. The van der Waals surface area contributed by atoms with Gasteiger partial charge in [0.15, 0.2) is 23.0 Å². The zero-order chi connectivity index (χ0) is 20.1. The van der Waals surface area contributed by atoms with Gasteiger partial charge in [0.05, 0.1) is 27.5 Å². The maximum absolute atomic E-state index is 11.6. The molecule has 0 saturated carbocycles. The number of hydrogen-bond donors (Lipinski definition) is 2. The molecule has 2 heterocycles. The summed E-state index contributed by atoms with van der Waals surface area (Å²) in [5.41, 5.74) is 1.70. The van der Waals surface area contributed by atoms with Crippen molar-refractivity contribution in [1.29, 1.82) is 0 Å². The molecular formula is C20H25N5O4. The fraction of sp³-hybridized carbons (Fsp3) is 0.300. The van der Waals surface area contributed by atoms with E-state index in [1.807, 2.05) is 0 Å². The minimum atomic E-state index is -0.119. The van der Waals surface area contributed by atoms with Crippen LogP contribution < -0.4 is 24.8 Å². The second-order valence-electron chi connectivity index (χ2n) is 5.74. The fourth-order valence-corrected chi connectivity index (χ4v) is 2.56. The van der Waals surface area contributed by atoms with Crippen LogP contribution in [0.15, 0.2) is 30.5 Å². The predicted molar refractivity (Wildman–Crippen MR) is 112 cm³/mol. The third-order valence-electron chi connectivity index (χ3n) is 3.93. The zero-order valence-corrected chi connectivity index (χ0v) is 16.1. The first-order chi connectivity index (χ1) is 13.6. The molecule has 0 unspecified atom stereocenters. The first-order valence-corrected chi connectivity index (χ1v) is 8.58. The number of hydrogen-bond acceptors (Lipinski definition) is 8. The Morgan fingerprint density at radius 2 is 1.66 bits per heavy atom. The third-order valence-corrected chi connectivity index (χ3v) is 3.93. The van der Waals surface area contributed by atoms with Crippen molar-refractivity contribution in [2.75, 3.05) is 32.0 Å². The Kier molecular flexibility index (Phi) is 7.13. The highest BCUT2D eigenvalue weighted by molar-refractivity contribution is 5.90. The number of carbonyl (C=O) groups is 1. The van der Waals surface area contributed by atoms with Crippen LogP contribution >= 0.6 is 0 Å². The van der Waals surface area contributed by atoms with Crippen LogP contribution in [0, 0.1) is 0 Å². The van der Waals surface area contributed by atoms with Gasteiger partial charge in [0.25, 0.3) is 0 Å². The van der Waals surface area contributed by atoms with Crippen LogP contribution in [0.25, 0.3) is 11.2 Å². The Balaban J connectivity index is 0.00000300. The van der Waals surface area contributed by atoms with Gasteiger partial charge in [0, 0.05) is 24.2 Å². The van der Waals surface area contributed by atoms with E-state index in [0.29, 0.717) is 52.2 Å². The lowest BCUT2D eigenvalue weighted by atomic mass is 10.2. The van der Waals surface area contributed by atoms with Gasteiger partial charge in [-0.2, -0.15) is 0 Å². The summed E-state index contributed by atoms with van der Waals surface area (Å²) in [7, 11) is 4.64. The normalized spacial score (nSPS) is 10.1. The Bertz CT molecular complexity index is 984. The molecule has 3 rings (SSSR count). The maximum atomic E-state index is 11.6. The lowest BCUT2D eigenvalue weighted by molar-refractivity contribution is -0.115. The third kappa shape index (κ3) is 4.81. The minimum Gasteiger partial charge on any atom is -0.493 e. The van der Waals surface area contributed by atoms with Gasteiger partial charge in [0.2, 0.25) is 11.7 Å². The van der Waals surface area contributed by atoms with Crippen molar-refractivity contribution >= 4 is 34.4 Å². The van der Waals surface area contributed by atoms with Crippen molar-refractivity contribution < 1.29 is 19.0 Å². The summed E-state index contributed by atoms with van der Waals surface area (Å²) >= 11 is 0. The van der Waals surface area contributed by atoms with E-state index in [4.69, 9.17) is 14.2 Å². The molecular weight excluding hydrogens is 374 g/mol. The van der Waals surface area contributed by atoms with E-state index >= 15 is 0 Å². The number of nitrogens with one attached hydrogen (secondary N) is 2. The molecule has 1 aromatic carbocycles. The number of ether oxygens (including phenoxy) is 3. The summed E-state index contributed by atoms with van der Waals surface area (Å²) in [6.07, 6.45) is 1.96. The monoisotopic (exact) mass is 399 g/mol. The van der Waals surface area contributed by atoms with Gasteiger partial charge >= 0.3 is 0 Å². The van der Waals surface area contributed by atoms with Crippen molar-refractivity contribution in [3.8, 4) is 17.2 Å². The summed E-state index contributed by atoms with van der Waals surface area (Å²) < 4.78 is 16.0. The first-order valence-electron chi connectivity index (χ1n) is 8.58. The van der Waals surface area contributed by atoms with Gasteiger partial charge < -0.3 is 24.8 Å². The van der Waals surface area contributed by atoms with E-state index < -0.39 is 0 Å². The molecule has 0 aliphatic heterocycles. The molecule has 1 amide bonds. The van der Waals surface area contributed by atoms with Gasteiger partial charge in [-0.1, -0.05) is 14.4 Å². The highest BCUT2D eigenvalue weighted by Crippen LogP contribution is 2.40. The van der Waals surface area contributed by atoms with Crippen LogP contribution in [0.1, 0.15) is 20.8 Å². The Hall–Kier alpha value is -3.62. The molecule has 0 spiro atoms. The molecule has 0 aliphatic rings. The van der Waals surface area contributed by atoms with Crippen molar-refractivity contribution in [3.63, 3.8) is 0 Å². The molecule has 0 aliphatic carbocycles. The molecule has 0 radical (unpaired) electrons. The van der Waals surface area contributed by atoms with E-state index in [0.717, 1.165) is 0 Å². The molecule has 2 aromatic heterocycles. The van der Waals surface area contributed by atoms with E-state index in [-0.39, 0.29) is 13.3 Å². The molecule has 154 valence electrons. The summed E-state index contributed by atoms with van der Waals surface area (Å²) in [6, 6.07) is 6.97. The largest absolute Gasteiger partial charge is 0.493 e. The number of rotatable bonds is 7. The summed E-state index contributed by atoms with van der Waals surface area (Å²) in [5.74, 6) is 2.32. The van der Waals surface area contributed by atoms with Gasteiger partial charge in [-0.25, -0.2) is 15.0 Å². The lowest BCUT2D eigenvalue weighted by Crippen LogP contribution is -2.11. The van der Waals surface area contributed by atoms with E-state index in [1.54, 1.807) is 58.7 Å². The van der Waals surface area contributed by atoms with Gasteiger partial charge in [-0.3, -0.25) is 4.79 Å². The average Bonchev–Trinajstić information content (AvgIpc) is 2.72. The zero-order valence-electron chi connectivity index (χ0n) is 16.1. The summed E-state index contributed by atoms with van der Waals surface area (Å²) in [5, 5.41) is 5.86. The number of carbonyl (C=O) groups excluding carboxylic acids is 1. The van der Waals surface area contributed by atoms with Gasteiger partial charge in [-0.15, -0.1) is 0 Å². The first kappa shape index (κ1) is 21.7. The predicted octanol–water partition coefficient (Wildman–Crippen LogP) is 3.78. The Morgan fingerprint density at radius 3 is 2.24 bits per heavy atom. The van der Waals surface area contributed by atoms with E-state index in [2.05, 4.69) is 25.6 Å². The van der Waals surface area contributed by atoms with Crippen LogP contribution in [-0.2, 0) is 4.79 Å². The van der Waals surface area contributed by atoms with Crippen molar-refractivity contribution in [2.45, 2.75) is 20.8 Å². The number of aromatic nitrogens is 3. The number of methoxy groups -OCH3 is 3. The van der Waals surface area contributed by atoms with E-state index in [9.17, 15) is 4.79 Å². The Labute approximate surface area is 169 Å². The Morgan fingerprint density at radius 1 is 1.00 bits per heavy atom. The summed E-state index contributed by atoms with van der Waals surface area (Å²) in [6.45, 7) is 1.77. The SMILES string of the molecule is C.CCC(=O)Nc1ccc2ncc(Nc3cc(OC)c(OC)c(OC)c3)nc2n1. The molecule has 3 aromatic rings. The van der Waals surface area contributed by atoms with Crippen LogP contribution in [0.5, 0.6) is 17.2 Å². The van der Waals surface area contributed by atoms with Crippen LogP contribution in [-0.4, -0.2) is 42.2 Å². The van der Waals surface area contributed by atoms with Gasteiger partial charge in [-0.05, 0) is 12.1 Å². The molecule has 9 heteroatoms. The highest BCUT2D eigenvalue weighted by Gasteiger charge is 2.14. The topological polar surface area (TPSA) is 107 Å². The number of amides is 1. The number of pyridine rings is 1. The number of anilines is 3. The van der Waals surface area contributed by atoms with Crippen LogP contribution in [0.2, 0.25) is 0 Å². The van der Waals surface area contributed by atoms with Crippen LogP contribution in [0.4, 0.5) is 17.3 Å². The van der Waals surface area contributed by atoms with Crippen molar-refractivity contribution in [3.05, 3.63) is 30.5 Å². The number of fused-ring (bicyclic) bond motifs is 1. The highest BCUT2D eigenvalue weighted by atomic mass is 16.5. The molecule has 0 saturated heterocycles. The lowest BCUT2D eigenvalue weighted by Gasteiger charge is -2.14. The van der Waals surface area contributed by atoms with Crippen LogP contribution in [0.3, 0.4) is 0 Å². The molecule has 0 bridgehead atoms. The standard InChI is InChI=1S/C19H21N5O4.CH4/c1-5-17(25)22-15-7-6-12-19(23-15)24-16(10-20-12)21-11-8-13(26-2)18(28-4)14(9-11)27-3;/h6-10H,5H2,1-4H3,(H2,21,22,23,24,25);1H4. The smallest absolute Gasteiger partial charge is 0.225 e. The molecule has 2 N–H and O–H groups in total. The second-order valence-corrected chi connectivity index (χ2v) is 5.74. The van der Waals surface area contributed by atoms with Crippen molar-refractivity contribution in [2.24, 2.45) is 0 Å². The molecule has 0 fully saturated rings. The maximum Gasteiger partial charge on any atom is 0.225 e. The number of benzene rings is 1. The quantitative estimate of drug-likeness (QED) is 0.618. The minimum absolute atomic E-state index is 0. The van der Waals surface area contributed by atoms with Crippen molar-refractivity contribution in [1.82, 2.24) is 15.0 Å².